The average molecular weight is 517 g/mol. The fraction of sp³-hybridized carbons (Fsp3) is 0.636. The molecule has 0 saturated carbocycles. The summed E-state index contributed by atoms with van der Waals surface area (Å²) >= 11 is 0. The number of hydrogen-bond donors (Lipinski definition) is 1. The second-order valence-electron chi connectivity index (χ2n) is 8.18. The van der Waals surface area contributed by atoms with Crippen LogP contribution in [0.15, 0.2) is 29.3 Å². The first-order valence-corrected chi connectivity index (χ1v) is 10.1. The number of likely N-dealkylation sites (tertiary alicyclic amines) is 1. The van der Waals surface area contributed by atoms with Crippen molar-refractivity contribution in [2.75, 3.05) is 26.7 Å². The predicted molar refractivity (Wildman–Crippen MR) is 128 cm³/mol. The number of hydrogen-bond acceptors (Lipinski definition) is 4. The van der Waals surface area contributed by atoms with Crippen LogP contribution in [0.1, 0.15) is 51.7 Å². The van der Waals surface area contributed by atoms with E-state index in [-0.39, 0.29) is 41.5 Å². The van der Waals surface area contributed by atoms with Gasteiger partial charge in [-0.25, -0.2) is 4.99 Å². The van der Waals surface area contributed by atoms with Crippen LogP contribution in [0.5, 0.6) is 0 Å². The highest BCUT2D eigenvalue weighted by molar-refractivity contribution is 14.0. The summed E-state index contributed by atoms with van der Waals surface area (Å²) in [6.45, 7) is 11.9. The van der Waals surface area contributed by atoms with Crippen LogP contribution in [-0.4, -0.2) is 49.2 Å². The van der Waals surface area contributed by atoms with Crippen LogP contribution in [-0.2, 0) is 27.4 Å². The van der Waals surface area contributed by atoms with Gasteiger partial charge >= 0.3 is 5.97 Å². The van der Waals surface area contributed by atoms with E-state index in [9.17, 15) is 4.79 Å². The molecule has 0 radical (unpaired) electrons. The highest BCUT2D eigenvalue weighted by Gasteiger charge is 2.26. The molecule has 1 heterocycles. The molecule has 0 amide bonds. The molecular formula is C22H36IN3O3. The minimum absolute atomic E-state index is 0. The van der Waals surface area contributed by atoms with E-state index in [1.165, 1.54) is 7.11 Å². The fourth-order valence-corrected chi connectivity index (χ4v) is 3.20. The molecule has 2 rings (SSSR count). The van der Waals surface area contributed by atoms with Gasteiger partial charge in [0.1, 0.15) is 0 Å². The summed E-state index contributed by atoms with van der Waals surface area (Å²) in [6, 6.07) is 8.39. The highest BCUT2D eigenvalue weighted by atomic mass is 127. The summed E-state index contributed by atoms with van der Waals surface area (Å²) in [5.41, 5.74) is 2.17. The maximum atomic E-state index is 11.7. The van der Waals surface area contributed by atoms with E-state index < -0.39 is 0 Å². The van der Waals surface area contributed by atoms with Crippen LogP contribution in [0.4, 0.5) is 0 Å². The number of ether oxygens (including phenoxy) is 2. The Morgan fingerprint density at radius 3 is 2.48 bits per heavy atom. The predicted octanol–water partition coefficient (Wildman–Crippen LogP) is 3.97. The second-order valence-corrected chi connectivity index (χ2v) is 8.18. The monoisotopic (exact) mass is 517 g/mol. The summed E-state index contributed by atoms with van der Waals surface area (Å²) in [4.78, 5) is 18.8. The minimum Gasteiger partial charge on any atom is -0.469 e. The lowest BCUT2D eigenvalue weighted by atomic mass is 9.97. The van der Waals surface area contributed by atoms with Gasteiger partial charge in [0.25, 0.3) is 0 Å². The molecule has 0 unspecified atom stereocenters. The Labute approximate surface area is 192 Å². The summed E-state index contributed by atoms with van der Waals surface area (Å²) in [6.07, 6.45) is 1.60. The number of guanidine groups is 1. The lowest BCUT2D eigenvalue weighted by Crippen LogP contribution is -2.46. The van der Waals surface area contributed by atoms with Crippen LogP contribution in [0.3, 0.4) is 0 Å². The Balaban J connectivity index is 0.00000420. The number of esters is 1. The van der Waals surface area contributed by atoms with E-state index in [2.05, 4.69) is 62.2 Å². The van der Waals surface area contributed by atoms with Gasteiger partial charge in [-0.15, -0.1) is 24.0 Å². The van der Waals surface area contributed by atoms with Crippen LogP contribution in [0.25, 0.3) is 0 Å². The highest BCUT2D eigenvalue weighted by Crippen LogP contribution is 2.19. The molecule has 6 nitrogen and oxygen atoms in total. The first-order chi connectivity index (χ1) is 13.3. The molecule has 1 aliphatic heterocycles. The third-order valence-corrected chi connectivity index (χ3v) is 4.74. The number of rotatable bonds is 6. The Hall–Kier alpha value is -1.35. The Kier molecular flexibility index (Phi) is 11.0. The lowest BCUT2D eigenvalue weighted by Gasteiger charge is -2.33. The maximum Gasteiger partial charge on any atom is 0.308 e. The zero-order valence-corrected chi connectivity index (χ0v) is 20.7. The zero-order chi connectivity index (χ0) is 20.6. The minimum atomic E-state index is -0.150. The molecule has 7 heteroatoms. The van der Waals surface area contributed by atoms with Crippen molar-refractivity contribution in [1.29, 1.82) is 0 Å². The van der Waals surface area contributed by atoms with Crippen LogP contribution >= 0.6 is 24.0 Å². The van der Waals surface area contributed by atoms with Crippen molar-refractivity contribution < 1.29 is 14.3 Å². The third-order valence-electron chi connectivity index (χ3n) is 4.74. The normalized spacial score (nSPS) is 15.6. The topological polar surface area (TPSA) is 63.2 Å². The molecular weight excluding hydrogens is 481 g/mol. The number of carbonyl (C=O) groups is 1. The van der Waals surface area contributed by atoms with Gasteiger partial charge in [0.2, 0.25) is 0 Å². The molecule has 164 valence electrons. The van der Waals surface area contributed by atoms with Gasteiger partial charge in [0.05, 0.1) is 31.8 Å². The van der Waals surface area contributed by atoms with Gasteiger partial charge in [0.15, 0.2) is 5.96 Å². The molecule has 1 aliphatic rings. The van der Waals surface area contributed by atoms with E-state index in [1.54, 1.807) is 0 Å². The first kappa shape index (κ1) is 25.7. The number of benzene rings is 1. The molecule has 1 aromatic rings. The summed E-state index contributed by atoms with van der Waals surface area (Å²) in [7, 11) is 1.46. The maximum absolute atomic E-state index is 11.7. The van der Waals surface area contributed by atoms with Crippen LogP contribution in [0, 0.1) is 5.92 Å². The second kappa shape index (κ2) is 12.4. The van der Waals surface area contributed by atoms with Crippen molar-refractivity contribution in [1.82, 2.24) is 10.2 Å². The molecule has 1 aromatic carbocycles. The van der Waals surface area contributed by atoms with Gasteiger partial charge in [-0.2, -0.15) is 0 Å². The largest absolute Gasteiger partial charge is 0.469 e. The van der Waals surface area contributed by atoms with Gasteiger partial charge in [-0.3, -0.25) is 4.79 Å². The Bertz CT molecular complexity index is 666. The quantitative estimate of drug-likeness (QED) is 0.268. The van der Waals surface area contributed by atoms with Gasteiger partial charge in [-0.1, -0.05) is 24.3 Å². The smallest absolute Gasteiger partial charge is 0.308 e. The molecule has 1 N–H and O–H groups in total. The number of piperidine rings is 1. The van der Waals surface area contributed by atoms with E-state index in [4.69, 9.17) is 14.5 Å². The SMILES string of the molecule is CCNC(=NCc1cccc(COC(C)(C)C)c1)N1CCC(C(=O)OC)CC1.I. The summed E-state index contributed by atoms with van der Waals surface area (Å²) in [5, 5.41) is 3.38. The van der Waals surface area contributed by atoms with Gasteiger partial charge in [0, 0.05) is 19.6 Å². The lowest BCUT2D eigenvalue weighted by molar-refractivity contribution is -0.146. The zero-order valence-electron chi connectivity index (χ0n) is 18.4. The van der Waals surface area contributed by atoms with Crippen LogP contribution < -0.4 is 5.32 Å². The molecule has 0 atom stereocenters. The van der Waals surface area contributed by atoms with E-state index in [0.29, 0.717) is 13.2 Å². The number of nitrogens with zero attached hydrogens (tertiary/aromatic N) is 2. The number of halogens is 1. The number of nitrogens with one attached hydrogen (secondary N) is 1. The van der Waals surface area contributed by atoms with Crippen molar-refractivity contribution in [2.24, 2.45) is 10.9 Å². The average Bonchev–Trinajstić information content (AvgIpc) is 2.69. The van der Waals surface area contributed by atoms with E-state index >= 15 is 0 Å². The number of aliphatic imine (C=N–C) groups is 1. The van der Waals surface area contributed by atoms with Crippen LogP contribution in [0.2, 0.25) is 0 Å². The summed E-state index contributed by atoms with van der Waals surface area (Å²) < 4.78 is 10.8. The molecule has 0 aromatic heterocycles. The van der Waals surface area contributed by atoms with Crippen molar-refractivity contribution in [2.45, 2.75) is 59.3 Å². The van der Waals surface area contributed by atoms with Crippen molar-refractivity contribution >= 4 is 35.9 Å². The molecule has 1 saturated heterocycles. The molecule has 0 spiro atoms. The fourth-order valence-electron chi connectivity index (χ4n) is 3.20. The molecule has 0 bridgehead atoms. The standard InChI is InChI=1S/C22H35N3O3.HI/c1-6-23-21(25-12-10-19(11-13-25)20(26)27-5)24-15-17-8-7-9-18(14-17)16-28-22(2,3)4;/h7-9,14,19H,6,10-13,15-16H2,1-5H3,(H,23,24);1H. The first-order valence-electron chi connectivity index (χ1n) is 10.1. The molecule has 29 heavy (non-hydrogen) atoms. The Morgan fingerprint density at radius 1 is 1.24 bits per heavy atom. The molecule has 0 aliphatic carbocycles. The van der Waals surface area contributed by atoms with Crippen molar-refractivity contribution in [3.63, 3.8) is 0 Å². The number of methoxy groups -OCH3 is 1. The van der Waals surface area contributed by atoms with Gasteiger partial charge < -0.3 is 19.7 Å². The third kappa shape index (κ3) is 8.90. The van der Waals surface area contributed by atoms with Gasteiger partial charge in [-0.05, 0) is 51.7 Å². The summed E-state index contributed by atoms with van der Waals surface area (Å²) in [5.74, 6) is 0.807. The van der Waals surface area contributed by atoms with Crippen molar-refractivity contribution in [3.8, 4) is 0 Å². The van der Waals surface area contributed by atoms with E-state index in [0.717, 1.165) is 49.6 Å². The van der Waals surface area contributed by atoms with Crippen molar-refractivity contribution in [3.05, 3.63) is 35.4 Å². The Morgan fingerprint density at radius 2 is 1.90 bits per heavy atom. The number of carbonyl (C=O) groups excluding carboxylic acids is 1. The van der Waals surface area contributed by atoms with E-state index in [1.807, 2.05) is 0 Å². The molecule has 1 fully saturated rings.